The Morgan fingerprint density at radius 2 is 1.95 bits per heavy atom. The van der Waals surface area contributed by atoms with E-state index in [0.29, 0.717) is 25.4 Å². The van der Waals surface area contributed by atoms with E-state index >= 15 is 0 Å². The minimum Gasteiger partial charge on any atom is -0.473 e. The van der Waals surface area contributed by atoms with Gasteiger partial charge in [0.2, 0.25) is 18.2 Å². The number of anilines is 1. The number of halogens is 1. The second kappa shape index (κ2) is 6.72. The summed E-state index contributed by atoms with van der Waals surface area (Å²) >= 11 is 5.75. The number of nitrogens with two attached hydrogens (primary N) is 1. The molecule has 2 rings (SSSR count). The SMILES string of the molecule is Nc1nc(Cl)cc(OCc2ccc(CNC=O)cc2)n1. The molecule has 0 bridgehead atoms. The van der Waals surface area contributed by atoms with E-state index in [0.717, 1.165) is 11.1 Å². The fourth-order valence-corrected chi connectivity index (χ4v) is 1.74. The van der Waals surface area contributed by atoms with Crippen LogP contribution in [0, 0.1) is 0 Å². The van der Waals surface area contributed by atoms with Crippen LogP contribution in [0.1, 0.15) is 11.1 Å². The molecule has 2 aromatic rings. The van der Waals surface area contributed by atoms with Crippen LogP contribution in [0.15, 0.2) is 30.3 Å². The van der Waals surface area contributed by atoms with Crippen LogP contribution in [-0.2, 0) is 17.9 Å². The van der Waals surface area contributed by atoms with Gasteiger partial charge in [0.1, 0.15) is 11.8 Å². The summed E-state index contributed by atoms with van der Waals surface area (Å²) in [5.74, 6) is 0.400. The van der Waals surface area contributed by atoms with Crippen LogP contribution in [0.25, 0.3) is 0 Å². The highest BCUT2D eigenvalue weighted by Gasteiger charge is 2.02. The van der Waals surface area contributed by atoms with E-state index in [1.807, 2.05) is 24.3 Å². The first-order valence-electron chi connectivity index (χ1n) is 5.85. The molecule has 0 radical (unpaired) electrons. The Labute approximate surface area is 120 Å². The number of benzene rings is 1. The summed E-state index contributed by atoms with van der Waals surface area (Å²) < 4.78 is 5.49. The first-order chi connectivity index (χ1) is 9.67. The summed E-state index contributed by atoms with van der Waals surface area (Å²) in [5, 5.41) is 2.84. The molecule has 20 heavy (non-hydrogen) atoms. The molecule has 0 aliphatic carbocycles. The van der Waals surface area contributed by atoms with Gasteiger partial charge in [0, 0.05) is 12.6 Å². The predicted octanol–water partition coefficient (Wildman–Crippen LogP) is 1.54. The number of nitrogens with zero attached hydrogens (tertiary/aromatic N) is 2. The van der Waals surface area contributed by atoms with Crippen LogP contribution in [0.5, 0.6) is 5.88 Å². The third-order valence-electron chi connectivity index (χ3n) is 2.49. The summed E-state index contributed by atoms with van der Waals surface area (Å²) in [7, 11) is 0. The largest absolute Gasteiger partial charge is 0.473 e. The lowest BCUT2D eigenvalue weighted by Gasteiger charge is -2.07. The van der Waals surface area contributed by atoms with Gasteiger partial charge in [-0.1, -0.05) is 35.9 Å². The molecule has 1 amide bonds. The fraction of sp³-hybridized carbons (Fsp3) is 0.154. The van der Waals surface area contributed by atoms with Crippen LogP contribution in [0.3, 0.4) is 0 Å². The molecule has 104 valence electrons. The van der Waals surface area contributed by atoms with Crippen molar-refractivity contribution in [3.05, 3.63) is 46.6 Å². The zero-order valence-corrected chi connectivity index (χ0v) is 11.3. The highest BCUT2D eigenvalue weighted by atomic mass is 35.5. The lowest BCUT2D eigenvalue weighted by Crippen LogP contribution is -2.09. The molecular weight excluding hydrogens is 280 g/mol. The predicted molar refractivity (Wildman–Crippen MR) is 75.1 cm³/mol. The number of hydrogen-bond acceptors (Lipinski definition) is 5. The van der Waals surface area contributed by atoms with E-state index in [4.69, 9.17) is 22.1 Å². The van der Waals surface area contributed by atoms with E-state index in [9.17, 15) is 4.79 Å². The number of hydrogen-bond donors (Lipinski definition) is 2. The lowest BCUT2D eigenvalue weighted by molar-refractivity contribution is -0.109. The van der Waals surface area contributed by atoms with E-state index in [2.05, 4.69) is 15.3 Å². The number of aromatic nitrogens is 2. The van der Waals surface area contributed by atoms with Crippen molar-refractivity contribution in [3.63, 3.8) is 0 Å². The second-order valence-electron chi connectivity index (χ2n) is 3.99. The third-order valence-corrected chi connectivity index (χ3v) is 2.68. The Bertz CT molecular complexity index is 569. The average Bonchev–Trinajstić information content (AvgIpc) is 2.43. The van der Waals surface area contributed by atoms with E-state index in [-0.39, 0.29) is 11.1 Å². The maximum atomic E-state index is 10.2. The van der Waals surface area contributed by atoms with Crippen molar-refractivity contribution in [2.24, 2.45) is 0 Å². The third kappa shape index (κ3) is 4.10. The van der Waals surface area contributed by atoms with E-state index in [1.54, 1.807) is 0 Å². The molecule has 0 spiro atoms. The average molecular weight is 293 g/mol. The van der Waals surface area contributed by atoms with Crippen molar-refractivity contribution in [2.75, 3.05) is 5.73 Å². The molecule has 1 aromatic carbocycles. The highest BCUT2D eigenvalue weighted by Crippen LogP contribution is 2.16. The van der Waals surface area contributed by atoms with Crippen LogP contribution >= 0.6 is 11.6 Å². The van der Waals surface area contributed by atoms with Gasteiger partial charge in [0.15, 0.2) is 0 Å². The number of carbonyl (C=O) groups excluding carboxylic acids is 1. The number of ether oxygens (including phenoxy) is 1. The number of nitrogen functional groups attached to an aromatic ring is 1. The summed E-state index contributed by atoms with van der Waals surface area (Å²) in [5.41, 5.74) is 7.45. The summed E-state index contributed by atoms with van der Waals surface area (Å²) in [4.78, 5) is 17.9. The zero-order chi connectivity index (χ0) is 14.4. The van der Waals surface area contributed by atoms with Crippen LogP contribution in [0.2, 0.25) is 5.15 Å². The first-order valence-corrected chi connectivity index (χ1v) is 6.23. The molecule has 1 heterocycles. The monoisotopic (exact) mass is 292 g/mol. The molecule has 0 aliphatic heterocycles. The molecule has 0 unspecified atom stereocenters. The Kier molecular flexibility index (Phi) is 4.73. The van der Waals surface area contributed by atoms with Crippen molar-refractivity contribution in [1.29, 1.82) is 0 Å². The minimum absolute atomic E-state index is 0.0720. The first kappa shape index (κ1) is 14.1. The van der Waals surface area contributed by atoms with Gasteiger partial charge in [-0.15, -0.1) is 0 Å². The van der Waals surface area contributed by atoms with Gasteiger partial charge in [-0.3, -0.25) is 4.79 Å². The normalized spacial score (nSPS) is 10.1. The van der Waals surface area contributed by atoms with Gasteiger partial charge < -0.3 is 15.8 Å². The Morgan fingerprint density at radius 1 is 1.25 bits per heavy atom. The Hall–Kier alpha value is -2.34. The zero-order valence-electron chi connectivity index (χ0n) is 10.5. The topological polar surface area (TPSA) is 90.1 Å². The minimum atomic E-state index is 0.0720. The van der Waals surface area contributed by atoms with Crippen molar-refractivity contribution in [2.45, 2.75) is 13.2 Å². The van der Waals surface area contributed by atoms with Gasteiger partial charge >= 0.3 is 0 Å². The molecule has 3 N–H and O–H groups in total. The molecule has 6 nitrogen and oxygen atoms in total. The van der Waals surface area contributed by atoms with Crippen molar-refractivity contribution >= 4 is 24.0 Å². The van der Waals surface area contributed by atoms with Crippen molar-refractivity contribution in [1.82, 2.24) is 15.3 Å². The van der Waals surface area contributed by atoms with E-state index < -0.39 is 0 Å². The molecule has 0 fully saturated rings. The smallest absolute Gasteiger partial charge is 0.224 e. The summed E-state index contributed by atoms with van der Waals surface area (Å²) in [6, 6.07) is 9.15. The van der Waals surface area contributed by atoms with Gasteiger partial charge in [-0.25, -0.2) is 4.98 Å². The molecule has 7 heteroatoms. The molecule has 0 saturated heterocycles. The second-order valence-corrected chi connectivity index (χ2v) is 4.38. The fourth-order valence-electron chi connectivity index (χ4n) is 1.56. The van der Waals surface area contributed by atoms with Gasteiger partial charge in [-0.2, -0.15) is 4.98 Å². The van der Waals surface area contributed by atoms with Crippen molar-refractivity contribution < 1.29 is 9.53 Å². The van der Waals surface area contributed by atoms with Crippen LogP contribution in [-0.4, -0.2) is 16.4 Å². The molecule has 0 aliphatic rings. The standard InChI is InChI=1S/C13H13ClN4O2/c14-11-5-12(18-13(15)17-11)20-7-10-3-1-9(2-4-10)6-16-8-19/h1-5,8H,6-7H2,(H,16,19)(H2,15,17,18). The lowest BCUT2D eigenvalue weighted by atomic mass is 10.1. The van der Waals surface area contributed by atoms with Gasteiger partial charge in [-0.05, 0) is 11.1 Å². The van der Waals surface area contributed by atoms with Gasteiger partial charge in [0.05, 0.1) is 0 Å². The van der Waals surface area contributed by atoms with E-state index in [1.165, 1.54) is 6.07 Å². The number of rotatable bonds is 6. The molecule has 0 atom stereocenters. The van der Waals surface area contributed by atoms with Crippen molar-refractivity contribution in [3.8, 4) is 5.88 Å². The Morgan fingerprint density at radius 3 is 2.60 bits per heavy atom. The maximum Gasteiger partial charge on any atom is 0.224 e. The van der Waals surface area contributed by atoms with Gasteiger partial charge in [0.25, 0.3) is 0 Å². The molecule has 1 aromatic heterocycles. The number of nitrogens with one attached hydrogen (secondary N) is 1. The van der Waals surface area contributed by atoms with Crippen LogP contribution < -0.4 is 15.8 Å². The maximum absolute atomic E-state index is 10.2. The molecular formula is C13H13ClN4O2. The molecule has 0 saturated carbocycles. The number of carbonyl (C=O) groups is 1. The number of amides is 1. The summed E-state index contributed by atoms with van der Waals surface area (Å²) in [6.07, 6.45) is 0.667. The Balaban J connectivity index is 1.94. The van der Waals surface area contributed by atoms with Crippen LogP contribution in [0.4, 0.5) is 5.95 Å². The quantitative estimate of drug-likeness (QED) is 0.622. The highest BCUT2D eigenvalue weighted by molar-refractivity contribution is 6.29. The summed E-state index contributed by atoms with van der Waals surface area (Å²) in [6.45, 7) is 0.844.